The van der Waals surface area contributed by atoms with E-state index >= 15 is 0 Å². The van der Waals surface area contributed by atoms with Crippen LogP contribution < -0.4 is 0 Å². The van der Waals surface area contributed by atoms with E-state index in [9.17, 15) is 4.79 Å². The normalized spacial score (nSPS) is 10.2. The molecule has 0 aliphatic rings. The maximum atomic E-state index is 11.9. The first-order chi connectivity index (χ1) is 7.69. The molecule has 0 fully saturated rings. The van der Waals surface area contributed by atoms with Gasteiger partial charge in [-0.3, -0.25) is 0 Å². The van der Waals surface area contributed by atoms with Crippen LogP contribution in [0.5, 0.6) is 0 Å². The van der Waals surface area contributed by atoms with Gasteiger partial charge in [0.15, 0.2) is 0 Å². The molecule has 0 aliphatic heterocycles. The number of urea groups is 1. The van der Waals surface area contributed by atoms with Gasteiger partial charge in [-0.25, -0.2) is 4.79 Å². The second kappa shape index (κ2) is 6.53. The van der Waals surface area contributed by atoms with Gasteiger partial charge in [0, 0.05) is 31.6 Å². The highest BCUT2D eigenvalue weighted by Gasteiger charge is 2.14. The van der Waals surface area contributed by atoms with Gasteiger partial charge in [0.05, 0.1) is 0 Å². The molecule has 0 saturated carbocycles. The topological polar surface area (TPSA) is 23.6 Å². The fraction of sp³-hybridized carbons (Fsp3) is 0.583. The number of amides is 2. The second-order valence-corrected chi connectivity index (χ2v) is 4.74. The van der Waals surface area contributed by atoms with Crippen LogP contribution in [0, 0.1) is 0 Å². The lowest BCUT2D eigenvalue weighted by molar-refractivity contribution is 0.168. The fourth-order valence-corrected chi connectivity index (χ4v) is 2.26. The van der Waals surface area contributed by atoms with E-state index in [1.165, 1.54) is 4.88 Å². The standard InChI is InChI=1S/C12H20N2OS/c1-4-14(5-2)12(15)13(3)9-8-11-7-6-10-16-11/h6-7,10H,4-5,8-9H2,1-3H3. The number of nitrogens with zero attached hydrogens (tertiary/aromatic N) is 2. The van der Waals surface area contributed by atoms with Crippen LogP contribution in [-0.4, -0.2) is 42.5 Å². The molecule has 0 unspecified atom stereocenters. The SMILES string of the molecule is CCN(CC)C(=O)N(C)CCc1cccs1. The number of carbonyl (C=O) groups is 1. The van der Waals surface area contributed by atoms with Crippen LogP contribution in [0.3, 0.4) is 0 Å². The summed E-state index contributed by atoms with van der Waals surface area (Å²) in [7, 11) is 1.87. The fourth-order valence-electron chi connectivity index (χ4n) is 1.56. The van der Waals surface area contributed by atoms with Gasteiger partial charge in [-0.05, 0) is 31.7 Å². The van der Waals surface area contributed by atoms with Gasteiger partial charge < -0.3 is 9.80 Å². The summed E-state index contributed by atoms with van der Waals surface area (Å²) in [5.41, 5.74) is 0. The van der Waals surface area contributed by atoms with Crippen molar-refractivity contribution >= 4 is 17.4 Å². The molecule has 90 valence electrons. The lowest BCUT2D eigenvalue weighted by atomic mass is 10.3. The average molecular weight is 240 g/mol. The first-order valence-corrected chi connectivity index (χ1v) is 6.59. The summed E-state index contributed by atoms with van der Waals surface area (Å²) in [6.45, 7) is 6.36. The Bertz CT molecular complexity index is 307. The van der Waals surface area contributed by atoms with Crippen molar-refractivity contribution in [1.29, 1.82) is 0 Å². The molecule has 0 N–H and O–H groups in total. The predicted molar refractivity (Wildman–Crippen MR) is 69.0 cm³/mol. The first-order valence-electron chi connectivity index (χ1n) is 5.71. The summed E-state index contributed by atoms with van der Waals surface area (Å²) >= 11 is 1.74. The summed E-state index contributed by atoms with van der Waals surface area (Å²) in [6, 6.07) is 4.29. The van der Waals surface area contributed by atoms with E-state index in [0.717, 1.165) is 26.1 Å². The summed E-state index contributed by atoms with van der Waals surface area (Å²) in [5, 5.41) is 2.07. The minimum atomic E-state index is 0.126. The highest BCUT2D eigenvalue weighted by molar-refractivity contribution is 7.09. The van der Waals surface area contributed by atoms with Crippen LogP contribution in [0.25, 0.3) is 0 Å². The molecule has 3 nitrogen and oxygen atoms in total. The van der Waals surface area contributed by atoms with Crippen molar-refractivity contribution < 1.29 is 4.79 Å². The van der Waals surface area contributed by atoms with Crippen molar-refractivity contribution in [2.24, 2.45) is 0 Å². The number of rotatable bonds is 5. The third-order valence-electron chi connectivity index (χ3n) is 2.63. The van der Waals surface area contributed by atoms with Crippen LogP contribution in [0.15, 0.2) is 17.5 Å². The number of thiophene rings is 1. The monoisotopic (exact) mass is 240 g/mol. The van der Waals surface area contributed by atoms with E-state index in [2.05, 4.69) is 11.4 Å². The van der Waals surface area contributed by atoms with E-state index < -0.39 is 0 Å². The highest BCUT2D eigenvalue weighted by Crippen LogP contribution is 2.09. The average Bonchev–Trinajstić information content (AvgIpc) is 2.80. The molecule has 0 saturated heterocycles. The second-order valence-electron chi connectivity index (χ2n) is 3.71. The lowest BCUT2D eigenvalue weighted by Gasteiger charge is -2.25. The molecule has 0 atom stereocenters. The van der Waals surface area contributed by atoms with E-state index in [-0.39, 0.29) is 6.03 Å². The quantitative estimate of drug-likeness (QED) is 0.776. The number of hydrogen-bond acceptors (Lipinski definition) is 2. The molecule has 1 aromatic heterocycles. The van der Waals surface area contributed by atoms with Crippen LogP contribution >= 0.6 is 11.3 Å². The Morgan fingerprint density at radius 3 is 2.56 bits per heavy atom. The van der Waals surface area contributed by atoms with Gasteiger partial charge in [0.2, 0.25) is 0 Å². The third kappa shape index (κ3) is 3.52. The molecule has 16 heavy (non-hydrogen) atoms. The molecule has 1 heterocycles. The Morgan fingerprint density at radius 2 is 2.06 bits per heavy atom. The zero-order valence-electron chi connectivity index (χ0n) is 10.3. The van der Waals surface area contributed by atoms with Crippen LogP contribution in [0.2, 0.25) is 0 Å². The van der Waals surface area contributed by atoms with E-state index in [0.29, 0.717) is 0 Å². The van der Waals surface area contributed by atoms with Gasteiger partial charge in [-0.2, -0.15) is 0 Å². The van der Waals surface area contributed by atoms with Crippen molar-refractivity contribution in [3.05, 3.63) is 22.4 Å². The molecule has 0 spiro atoms. The van der Waals surface area contributed by atoms with Crippen molar-refractivity contribution in [2.45, 2.75) is 20.3 Å². The zero-order chi connectivity index (χ0) is 12.0. The summed E-state index contributed by atoms with van der Waals surface area (Å²) < 4.78 is 0. The maximum absolute atomic E-state index is 11.9. The minimum Gasteiger partial charge on any atom is -0.327 e. The van der Waals surface area contributed by atoms with Crippen molar-refractivity contribution in [3.8, 4) is 0 Å². The van der Waals surface area contributed by atoms with Gasteiger partial charge in [0.1, 0.15) is 0 Å². The largest absolute Gasteiger partial charge is 0.327 e. The van der Waals surface area contributed by atoms with Crippen molar-refractivity contribution in [2.75, 3.05) is 26.7 Å². The lowest BCUT2D eigenvalue weighted by Crippen LogP contribution is -2.41. The van der Waals surface area contributed by atoms with Gasteiger partial charge in [-0.15, -0.1) is 11.3 Å². The molecule has 4 heteroatoms. The van der Waals surface area contributed by atoms with Crippen molar-refractivity contribution in [3.63, 3.8) is 0 Å². The first kappa shape index (κ1) is 13.0. The molecule has 0 bridgehead atoms. The molecule has 1 rings (SSSR count). The van der Waals surface area contributed by atoms with E-state index in [1.807, 2.05) is 31.9 Å². The summed E-state index contributed by atoms with van der Waals surface area (Å²) in [4.78, 5) is 16.9. The van der Waals surface area contributed by atoms with Crippen LogP contribution in [-0.2, 0) is 6.42 Å². The Hall–Kier alpha value is -1.03. The smallest absolute Gasteiger partial charge is 0.319 e. The zero-order valence-corrected chi connectivity index (χ0v) is 11.1. The molecule has 2 amide bonds. The summed E-state index contributed by atoms with van der Waals surface area (Å²) in [5.74, 6) is 0. The maximum Gasteiger partial charge on any atom is 0.319 e. The summed E-state index contributed by atoms with van der Waals surface area (Å²) in [6.07, 6.45) is 0.946. The highest BCUT2D eigenvalue weighted by atomic mass is 32.1. The van der Waals surface area contributed by atoms with Gasteiger partial charge >= 0.3 is 6.03 Å². The predicted octanol–water partition coefficient (Wildman–Crippen LogP) is 2.68. The molecule has 0 radical (unpaired) electrons. The molecular weight excluding hydrogens is 220 g/mol. The Morgan fingerprint density at radius 1 is 1.38 bits per heavy atom. The van der Waals surface area contributed by atoms with Crippen LogP contribution in [0.4, 0.5) is 4.79 Å². The van der Waals surface area contributed by atoms with E-state index in [1.54, 1.807) is 16.2 Å². The number of likely N-dealkylation sites (N-methyl/N-ethyl adjacent to an activating group) is 1. The van der Waals surface area contributed by atoms with Crippen molar-refractivity contribution in [1.82, 2.24) is 9.80 Å². The Kier molecular flexibility index (Phi) is 5.32. The number of carbonyl (C=O) groups excluding carboxylic acids is 1. The minimum absolute atomic E-state index is 0.126. The van der Waals surface area contributed by atoms with E-state index in [4.69, 9.17) is 0 Å². The van der Waals surface area contributed by atoms with Crippen LogP contribution in [0.1, 0.15) is 18.7 Å². The molecule has 1 aromatic rings. The third-order valence-corrected chi connectivity index (χ3v) is 3.57. The molecule has 0 aromatic carbocycles. The molecule has 0 aliphatic carbocycles. The van der Waals surface area contributed by atoms with Gasteiger partial charge in [-0.1, -0.05) is 6.07 Å². The van der Waals surface area contributed by atoms with Gasteiger partial charge in [0.25, 0.3) is 0 Å². The molecular formula is C12H20N2OS. The Balaban J connectivity index is 2.39. The number of hydrogen-bond donors (Lipinski definition) is 0. The Labute approximate surface area is 102 Å².